The minimum Gasteiger partial charge on any atom is -0.466 e. The van der Waals surface area contributed by atoms with Gasteiger partial charge in [-0.15, -0.1) is 0 Å². The Morgan fingerprint density at radius 1 is 1.42 bits per heavy atom. The number of rotatable bonds is 6. The SMILES string of the molecule is CCCCC(C)CCOC(C)=O. The molecule has 0 fully saturated rings. The normalized spacial score (nSPS) is 12.6. The Balaban J connectivity index is 3.19. The molecule has 0 saturated carbocycles. The molecule has 72 valence electrons. The molecule has 1 atom stereocenters. The van der Waals surface area contributed by atoms with Crippen LogP contribution < -0.4 is 0 Å². The van der Waals surface area contributed by atoms with Gasteiger partial charge in [0.15, 0.2) is 0 Å². The van der Waals surface area contributed by atoms with Crippen molar-refractivity contribution in [2.45, 2.75) is 46.5 Å². The summed E-state index contributed by atoms with van der Waals surface area (Å²) in [4.78, 5) is 10.4. The molecule has 0 aliphatic heterocycles. The van der Waals surface area contributed by atoms with Crippen molar-refractivity contribution in [2.24, 2.45) is 5.92 Å². The van der Waals surface area contributed by atoms with E-state index in [4.69, 9.17) is 4.74 Å². The van der Waals surface area contributed by atoms with Gasteiger partial charge in [-0.1, -0.05) is 33.1 Å². The fourth-order valence-corrected chi connectivity index (χ4v) is 1.10. The lowest BCUT2D eigenvalue weighted by atomic mass is 10.0. The van der Waals surface area contributed by atoms with Crippen molar-refractivity contribution in [3.8, 4) is 0 Å². The van der Waals surface area contributed by atoms with E-state index in [2.05, 4.69) is 13.8 Å². The molecule has 2 heteroatoms. The summed E-state index contributed by atoms with van der Waals surface area (Å²) in [5, 5.41) is 0. The van der Waals surface area contributed by atoms with Crippen LogP contribution in [0.5, 0.6) is 0 Å². The molecule has 0 aliphatic carbocycles. The second-order valence-electron chi connectivity index (χ2n) is 3.38. The van der Waals surface area contributed by atoms with Gasteiger partial charge in [-0.2, -0.15) is 0 Å². The minimum atomic E-state index is -0.169. The van der Waals surface area contributed by atoms with Crippen molar-refractivity contribution in [3.63, 3.8) is 0 Å². The van der Waals surface area contributed by atoms with Gasteiger partial charge in [0.25, 0.3) is 0 Å². The Labute approximate surface area is 75.3 Å². The summed E-state index contributed by atoms with van der Waals surface area (Å²) in [5.41, 5.74) is 0. The van der Waals surface area contributed by atoms with Gasteiger partial charge >= 0.3 is 5.97 Å². The van der Waals surface area contributed by atoms with Crippen LogP contribution in [0, 0.1) is 5.92 Å². The minimum absolute atomic E-state index is 0.169. The van der Waals surface area contributed by atoms with E-state index < -0.39 is 0 Å². The van der Waals surface area contributed by atoms with E-state index in [1.807, 2.05) is 0 Å². The Bertz CT molecular complexity index is 121. The first kappa shape index (κ1) is 11.5. The molecule has 0 aromatic rings. The molecule has 0 saturated heterocycles. The molecule has 1 unspecified atom stereocenters. The lowest BCUT2D eigenvalue weighted by molar-refractivity contribution is -0.141. The third kappa shape index (κ3) is 7.58. The van der Waals surface area contributed by atoms with Crippen molar-refractivity contribution < 1.29 is 9.53 Å². The molecule has 0 radical (unpaired) electrons. The monoisotopic (exact) mass is 172 g/mol. The molecule has 12 heavy (non-hydrogen) atoms. The van der Waals surface area contributed by atoms with E-state index in [0.717, 1.165) is 6.42 Å². The van der Waals surface area contributed by atoms with Gasteiger partial charge in [0.1, 0.15) is 0 Å². The predicted molar refractivity (Wildman–Crippen MR) is 49.9 cm³/mol. The van der Waals surface area contributed by atoms with Crippen LogP contribution in [0.2, 0.25) is 0 Å². The number of esters is 1. The van der Waals surface area contributed by atoms with Gasteiger partial charge in [0.2, 0.25) is 0 Å². The molecule has 0 bridgehead atoms. The second kappa shape index (κ2) is 7.14. The summed E-state index contributed by atoms with van der Waals surface area (Å²) < 4.78 is 4.85. The number of hydrogen-bond donors (Lipinski definition) is 0. The molecule has 0 rings (SSSR count). The van der Waals surface area contributed by atoms with E-state index in [1.165, 1.54) is 26.2 Å². The molecule has 0 aromatic carbocycles. The highest BCUT2D eigenvalue weighted by atomic mass is 16.5. The number of unbranched alkanes of at least 4 members (excludes halogenated alkanes) is 1. The van der Waals surface area contributed by atoms with Gasteiger partial charge in [-0.25, -0.2) is 0 Å². The van der Waals surface area contributed by atoms with Crippen molar-refractivity contribution in [1.29, 1.82) is 0 Å². The third-order valence-corrected chi connectivity index (χ3v) is 1.97. The zero-order valence-corrected chi connectivity index (χ0v) is 8.43. The zero-order valence-electron chi connectivity index (χ0n) is 8.43. The molecule has 0 N–H and O–H groups in total. The quantitative estimate of drug-likeness (QED) is 0.576. The van der Waals surface area contributed by atoms with Crippen molar-refractivity contribution in [3.05, 3.63) is 0 Å². The largest absolute Gasteiger partial charge is 0.466 e. The van der Waals surface area contributed by atoms with Gasteiger partial charge in [-0.05, 0) is 12.3 Å². The fourth-order valence-electron chi connectivity index (χ4n) is 1.10. The highest BCUT2D eigenvalue weighted by molar-refractivity contribution is 5.65. The van der Waals surface area contributed by atoms with Crippen molar-refractivity contribution in [1.82, 2.24) is 0 Å². The van der Waals surface area contributed by atoms with Crippen LogP contribution in [0.1, 0.15) is 46.5 Å². The average molecular weight is 172 g/mol. The first-order chi connectivity index (χ1) is 5.66. The Kier molecular flexibility index (Phi) is 6.82. The summed E-state index contributed by atoms with van der Waals surface area (Å²) in [6.07, 6.45) is 4.77. The van der Waals surface area contributed by atoms with Crippen LogP contribution in [0.3, 0.4) is 0 Å². The number of carbonyl (C=O) groups excluding carboxylic acids is 1. The highest BCUT2D eigenvalue weighted by Gasteiger charge is 2.01. The maximum atomic E-state index is 10.4. The lowest BCUT2D eigenvalue weighted by Gasteiger charge is -2.09. The average Bonchev–Trinajstić information content (AvgIpc) is 2.00. The maximum Gasteiger partial charge on any atom is 0.302 e. The molecule has 0 aliphatic rings. The van der Waals surface area contributed by atoms with Crippen LogP contribution in [0.25, 0.3) is 0 Å². The molecule has 2 nitrogen and oxygen atoms in total. The van der Waals surface area contributed by atoms with E-state index in [1.54, 1.807) is 0 Å². The topological polar surface area (TPSA) is 26.3 Å². The first-order valence-corrected chi connectivity index (χ1v) is 4.80. The van der Waals surface area contributed by atoms with E-state index in [0.29, 0.717) is 12.5 Å². The standard InChI is InChI=1S/C10H20O2/c1-4-5-6-9(2)7-8-12-10(3)11/h9H,4-8H2,1-3H3. The van der Waals surface area contributed by atoms with Crippen LogP contribution in [-0.4, -0.2) is 12.6 Å². The number of ether oxygens (including phenoxy) is 1. The fraction of sp³-hybridized carbons (Fsp3) is 0.900. The van der Waals surface area contributed by atoms with Gasteiger partial charge in [0.05, 0.1) is 6.61 Å². The maximum absolute atomic E-state index is 10.4. The Morgan fingerprint density at radius 2 is 2.08 bits per heavy atom. The number of hydrogen-bond acceptors (Lipinski definition) is 2. The van der Waals surface area contributed by atoms with E-state index in [9.17, 15) is 4.79 Å². The smallest absolute Gasteiger partial charge is 0.302 e. The Hall–Kier alpha value is -0.530. The summed E-state index contributed by atoms with van der Waals surface area (Å²) in [5.74, 6) is 0.516. The molecule has 0 heterocycles. The highest BCUT2D eigenvalue weighted by Crippen LogP contribution is 2.11. The summed E-state index contributed by atoms with van der Waals surface area (Å²) in [6.45, 7) is 6.44. The second-order valence-corrected chi connectivity index (χ2v) is 3.38. The molecule has 0 amide bonds. The number of carbonyl (C=O) groups is 1. The van der Waals surface area contributed by atoms with Gasteiger partial charge in [0, 0.05) is 6.92 Å². The zero-order chi connectivity index (χ0) is 9.40. The van der Waals surface area contributed by atoms with Gasteiger partial charge < -0.3 is 4.74 Å². The first-order valence-electron chi connectivity index (χ1n) is 4.80. The third-order valence-electron chi connectivity index (χ3n) is 1.97. The summed E-state index contributed by atoms with van der Waals surface area (Å²) in [7, 11) is 0. The lowest BCUT2D eigenvalue weighted by Crippen LogP contribution is -2.05. The van der Waals surface area contributed by atoms with E-state index >= 15 is 0 Å². The Morgan fingerprint density at radius 3 is 2.58 bits per heavy atom. The van der Waals surface area contributed by atoms with Gasteiger partial charge in [-0.3, -0.25) is 4.79 Å². The molecular weight excluding hydrogens is 152 g/mol. The van der Waals surface area contributed by atoms with Crippen LogP contribution in [0.4, 0.5) is 0 Å². The van der Waals surface area contributed by atoms with E-state index in [-0.39, 0.29) is 5.97 Å². The van der Waals surface area contributed by atoms with Crippen molar-refractivity contribution >= 4 is 5.97 Å². The van der Waals surface area contributed by atoms with Crippen LogP contribution in [-0.2, 0) is 9.53 Å². The van der Waals surface area contributed by atoms with Crippen LogP contribution >= 0.6 is 0 Å². The predicted octanol–water partition coefficient (Wildman–Crippen LogP) is 2.77. The molecular formula is C10H20O2. The molecule has 0 spiro atoms. The van der Waals surface area contributed by atoms with Crippen LogP contribution in [0.15, 0.2) is 0 Å². The summed E-state index contributed by atoms with van der Waals surface area (Å²) >= 11 is 0. The summed E-state index contributed by atoms with van der Waals surface area (Å²) in [6, 6.07) is 0. The molecule has 0 aromatic heterocycles. The van der Waals surface area contributed by atoms with Crippen molar-refractivity contribution in [2.75, 3.05) is 6.61 Å².